The van der Waals surface area contributed by atoms with E-state index >= 15 is 0 Å². The third-order valence-corrected chi connectivity index (χ3v) is 5.32. The van der Waals surface area contributed by atoms with Crippen LogP contribution in [0.1, 0.15) is 47.0 Å². The number of methoxy groups -OCH3 is 1. The van der Waals surface area contributed by atoms with Gasteiger partial charge in [-0.15, -0.1) is 6.58 Å². The Hall–Kier alpha value is -0.790. The van der Waals surface area contributed by atoms with Crippen molar-refractivity contribution in [3.05, 3.63) is 12.7 Å². The van der Waals surface area contributed by atoms with E-state index in [1.165, 1.54) is 20.0 Å². The third kappa shape index (κ3) is 2.14. The fourth-order valence-corrected chi connectivity index (χ4v) is 3.44. The van der Waals surface area contributed by atoms with Crippen LogP contribution in [0.15, 0.2) is 12.7 Å². The molecule has 0 aromatic rings. The van der Waals surface area contributed by atoms with Crippen molar-refractivity contribution in [2.75, 3.05) is 7.11 Å². The first-order valence-corrected chi connectivity index (χ1v) is 6.52. The van der Waals surface area contributed by atoms with Gasteiger partial charge in [0, 0.05) is 6.42 Å². The minimum atomic E-state index is -0.157. The molecule has 0 N–H and O–H groups in total. The van der Waals surface area contributed by atoms with Crippen molar-refractivity contribution in [3.8, 4) is 0 Å². The number of carbonyl (C=O) groups is 1. The lowest BCUT2D eigenvalue weighted by Gasteiger charge is -2.54. The lowest BCUT2D eigenvalue weighted by atomic mass is 9.50. The van der Waals surface area contributed by atoms with E-state index in [0.29, 0.717) is 17.3 Å². The Balaban J connectivity index is 0.000000209. The average molecular weight is 238 g/mol. The van der Waals surface area contributed by atoms with E-state index in [0.717, 1.165) is 11.8 Å². The zero-order chi connectivity index (χ0) is 13.3. The first-order chi connectivity index (χ1) is 7.83. The number of rotatable bonds is 2. The predicted molar refractivity (Wildman–Crippen MR) is 70.6 cm³/mol. The van der Waals surface area contributed by atoms with Crippen molar-refractivity contribution in [1.82, 2.24) is 0 Å². The minimum Gasteiger partial charge on any atom is -0.469 e. The van der Waals surface area contributed by atoms with Gasteiger partial charge >= 0.3 is 5.97 Å². The molecule has 0 radical (unpaired) electrons. The van der Waals surface area contributed by atoms with Crippen molar-refractivity contribution in [3.63, 3.8) is 0 Å². The summed E-state index contributed by atoms with van der Waals surface area (Å²) in [5, 5.41) is 0. The molecule has 3 rings (SSSR count). The summed E-state index contributed by atoms with van der Waals surface area (Å²) in [4.78, 5) is 9.96. The molecule has 0 saturated heterocycles. The molecule has 3 aliphatic carbocycles. The molecule has 3 aliphatic rings. The Morgan fingerprint density at radius 2 is 2.06 bits per heavy atom. The predicted octanol–water partition coefficient (Wildman–Crippen LogP) is 3.81. The summed E-state index contributed by atoms with van der Waals surface area (Å²) in [5.41, 5.74) is 1.17. The van der Waals surface area contributed by atoms with Gasteiger partial charge in [0.15, 0.2) is 0 Å². The molecule has 2 nitrogen and oxygen atoms in total. The Kier molecular flexibility index (Phi) is 4.06. The number of ether oxygens (including phenoxy) is 1. The Labute approximate surface area is 105 Å². The van der Waals surface area contributed by atoms with Crippen LogP contribution < -0.4 is 0 Å². The molecule has 3 saturated carbocycles. The fourth-order valence-electron chi connectivity index (χ4n) is 3.44. The Morgan fingerprint density at radius 3 is 2.18 bits per heavy atom. The second-order valence-corrected chi connectivity index (χ2v) is 6.05. The molecule has 0 aliphatic heterocycles. The molecule has 2 heteroatoms. The van der Waals surface area contributed by atoms with Crippen molar-refractivity contribution in [2.24, 2.45) is 22.7 Å². The molecule has 98 valence electrons. The maximum atomic E-state index is 9.96. The zero-order valence-corrected chi connectivity index (χ0v) is 11.9. The van der Waals surface area contributed by atoms with E-state index < -0.39 is 0 Å². The molecule has 0 heterocycles. The Bertz CT molecular complexity index is 300. The van der Waals surface area contributed by atoms with E-state index in [9.17, 15) is 4.79 Å². The van der Waals surface area contributed by atoms with E-state index in [4.69, 9.17) is 0 Å². The quantitative estimate of drug-likeness (QED) is 0.540. The molecule has 0 aromatic heterocycles. The molecular formula is C15H26O2. The fraction of sp³-hybridized carbons (Fsp3) is 0.800. The van der Waals surface area contributed by atoms with Crippen LogP contribution in [-0.2, 0) is 9.53 Å². The first-order valence-electron chi connectivity index (χ1n) is 6.52. The summed E-state index contributed by atoms with van der Waals surface area (Å²) in [5.74, 6) is 1.62. The molecule has 0 aromatic carbocycles. The van der Waals surface area contributed by atoms with E-state index in [1.54, 1.807) is 6.92 Å². The summed E-state index contributed by atoms with van der Waals surface area (Å²) in [6.45, 7) is 13.0. The van der Waals surface area contributed by atoms with Gasteiger partial charge in [0.2, 0.25) is 0 Å². The van der Waals surface area contributed by atoms with Crippen molar-refractivity contribution in [2.45, 2.75) is 47.0 Å². The number of hydrogen-bond acceptors (Lipinski definition) is 2. The Morgan fingerprint density at radius 1 is 1.47 bits per heavy atom. The van der Waals surface area contributed by atoms with Gasteiger partial charge in [-0.25, -0.2) is 0 Å². The smallest absolute Gasteiger partial charge is 0.305 e. The van der Waals surface area contributed by atoms with Crippen LogP contribution in [0.25, 0.3) is 0 Å². The highest BCUT2D eigenvalue weighted by atomic mass is 16.5. The molecular weight excluding hydrogens is 212 g/mol. The maximum absolute atomic E-state index is 9.96. The number of allylic oxidation sites excluding steroid dienone is 1. The van der Waals surface area contributed by atoms with Gasteiger partial charge in [0.05, 0.1) is 7.11 Å². The SMILES string of the molecule is C=CC1CC2CC1(C)C2(C)C.CCC(=O)OC. The molecule has 0 spiro atoms. The minimum absolute atomic E-state index is 0.157. The topological polar surface area (TPSA) is 26.3 Å². The largest absolute Gasteiger partial charge is 0.469 e. The van der Waals surface area contributed by atoms with E-state index in [-0.39, 0.29) is 5.97 Å². The third-order valence-electron chi connectivity index (χ3n) is 5.32. The van der Waals surface area contributed by atoms with Crippen molar-refractivity contribution < 1.29 is 9.53 Å². The van der Waals surface area contributed by atoms with Gasteiger partial charge in [-0.05, 0) is 35.5 Å². The molecule has 2 bridgehead atoms. The van der Waals surface area contributed by atoms with Gasteiger partial charge in [0.25, 0.3) is 0 Å². The highest BCUT2D eigenvalue weighted by Crippen LogP contribution is 2.73. The van der Waals surface area contributed by atoms with Gasteiger partial charge < -0.3 is 4.74 Å². The summed E-state index contributed by atoms with van der Waals surface area (Å²) in [6, 6.07) is 0. The highest BCUT2D eigenvalue weighted by Gasteiger charge is 2.65. The van der Waals surface area contributed by atoms with Crippen molar-refractivity contribution >= 4 is 5.97 Å². The van der Waals surface area contributed by atoms with Crippen LogP contribution in [-0.4, -0.2) is 13.1 Å². The molecule has 0 amide bonds. The second-order valence-electron chi connectivity index (χ2n) is 6.05. The van der Waals surface area contributed by atoms with Crippen LogP contribution in [0.4, 0.5) is 0 Å². The summed E-state index contributed by atoms with van der Waals surface area (Å²) >= 11 is 0. The standard InChI is InChI=1S/C11H18.C4H8O2/c1-5-8-6-9-7-11(8,4)10(9,2)3;1-3-4(5)6-2/h5,8-9H,1,6-7H2,2-4H3;3H2,1-2H3. The number of fused-ring (bicyclic) bond motifs is 1. The molecule has 17 heavy (non-hydrogen) atoms. The van der Waals surface area contributed by atoms with E-state index in [2.05, 4.69) is 38.2 Å². The lowest BCUT2D eigenvalue weighted by molar-refractivity contribution is -0.140. The lowest BCUT2D eigenvalue weighted by Crippen LogP contribution is -2.47. The maximum Gasteiger partial charge on any atom is 0.305 e. The molecule has 3 unspecified atom stereocenters. The van der Waals surface area contributed by atoms with Gasteiger partial charge in [-0.2, -0.15) is 0 Å². The van der Waals surface area contributed by atoms with Crippen molar-refractivity contribution in [1.29, 1.82) is 0 Å². The van der Waals surface area contributed by atoms with Crippen LogP contribution in [0, 0.1) is 22.7 Å². The second kappa shape index (κ2) is 4.83. The summed E-state index contributed by atoms with van der Waals surface area (Å²) < 4.78 is 4.26. The first kappa shape index (κ1) is 14.3. The summed E-state index contributed by atoms with van der Waals surface area (Å²) in [6.07, 6.45) is 5.48. The van der Waals surface area contributed by atoms with Crippen LogP contribution in [0.5, 0.6) is 0 Å². The van der Waals surface area contributed by atoms with Gasteiger partial charge in [-0.3, -0.25) is 4.79 Å². The number of hydrogen-bond donors (Lipinski definition) is 0. The number of carbonyl (C=O) groups excluding carboxylic acids is 1. The van der Waals surface area contributed by atoms with E-state index in [1.807, 2.05) is 0 Å². The monoisotopic (exact) mass is 238 g/mol. The van der Waals surface area contributed by atoms with Gasteiger partial charge in [0.1, 0.15) is 0 Å². The summed E-state index contributed by atoms with van der Waals surface area (Å²) in [7, 11) is 1.38. The van der Waals surface area contributed by atoms with Crippen LogP contribution in [0.3, 0.4) is 0 Å². The van der Waals surface area contributed by atoms with Crippen LogP contribution >= 0.6 is 0 Å². The molecule has 3 atom stereocenters. The average Bonchev–Trinajstić information content (AvgIpc) is 2.77. The normalized spacial score (nSPS) is 36.3. The van der Waals surface area contributed by atoms with Gasteiger partial charge in [-0.1, -0.05) is 33.8 Å². The molecule has 3 fully saturated rings. The zero-order valence-electron chi connectivity index (χ0n) is 11.9. The van der Waals surface area contributed by atoms with Crippen LogP contribution in [0.2, 0.25) is 0 Å². The number of esters is 1. The highest BCUT2D eigenvalue weighted by molar-refractivity contribution is 5.68.